The van der Waals surface area contributed by atoms with Gasteiger partial charge in [-0.3, -0.25) is 19.3 Å². The predicted octanol–water partition coefficient (Wildman–Crippen LogP) is -0.363. The average Bonchev–Trinajstić information content (AvgIpc) is 3.41. The van der Waals surface area contributed by atoms with E-state index in [0.29, 0.717) is 39.3 Å². The number of hydrogen-bond donors (Lipinski definition) is 1. The topological polar surface area (TPSA) is 109 Å². The fourth-order valence-corrected chi connectivity index (χ4v) is 6.91. The number of halogens is 1. The van der Waals surface area contributed by atoms with Gasteiger partial charge in [-0.25, -0.2) is 0 Å². The lowest BCUT2D eigenvalue weighted by Crippen LogP contribution is -2.58. The highest BCUT2D eigenvalue weighted by atomic mass is 79.9. The molecule has 4 rings (SSSR count). The molecule has 4 fully saturated rings. The molecule has 0 radical (unpaired) electrons. The first-order chi connectivity index (χ1) is 16.4. The van der Waals surface area contributed by atoms with Crippen LogP contribution >= 0.6 is 15.9 Å². The molecular formula is C23H34BrN3O7. The Balaban J connectivity index is 1.62. The zero-order valence-electron chi connectivity index (χ0n) is 19.6. The van der Waals surface area contributed by atoms with Crippen molar-refractivity contribution in [1.29, 1.82) is 0 Å². The number of carbonyl (C=O) groups is 3. The molecule has 4 aliphatic heterocycles. The van der Waals surface area contributed by atoms with Crippen LogP contribution in [0.15, 0.2) is 12.7 Å². The first-order valence-electron chi connectivity index (χ1n) is 12.0. The van der Waals surface area contributed by atoms with Crippen molar-refractivity contribution in [3.05, 3.63) is 12.7 Å². The summed E-state index contributed by atoms with van der Waals surface area (Å²) in [5.41, 5.74) is -1.14. The van der Waals surface area contributed by atoms with Crippen LogP contribution in [0.1, 0.15) is 13.3 Å². The molecule has 4 saturated heterocycles. The van der Waals surface area contributed by atoms with Crippen molar-refractivity contribution in [3.63, 3.8) is 0 Å². The second-order valence-electron chi connectivity index (χ2n) is 9.20. The van der Waals surface area contributed by atoms with Crippen molar-refractivity contribution < 1.29 is 33.7 Å². The number of likely N-dealkylation sites (tertiary alicyclic amines) is 1. The fraction of sp³-hybridized carbons (Fsp3) is 0.783. The normalized spacial score (nSPS) is 34.9. The Morgan fingerprint density at radius 2 is 2.09 bits per heavy atom. The van der Waals surface area contributed by atoms with E-state index in [0.717, 1.165) is 13.1 Å². The summed E-state index contributed by atoms with van der Waals surface area (Å²) in [5, 5.41) is 9.71. The van der Waals surface area contributed by atoms with Crippen molar-refractivity contribution in [2.75, 3.05) is 65.7 Å². The van der Waals surface area contributed by atoms with E-state index in [4.69, 9.17) is 14.2 Å². The Morgan fingerprint density at radius 3 is 2.74 bits per heavy atom. The van der Waals surface area contributed by atoms with Crippen molar-refractivity contribution >= 4 is 33.7 Å². The Kier molecular flexibility index (Phi) is 7.98. The molecule has 10 nitrogen and oxygen atoms in total. The van der Waals surface area contributed by atoms with Gasteiger partial charge in [0.15, 0.2) is 0 Å². The van der Waals surface area contributed by atoms with Gasteiger partial charge >= 0.3 is 5.97 Å². The van der Waals surface area contributed by atoms with Gasteiger partial charge in [-0.05, 0) is 13.3 Å². The third-order valence-corrected chi connectivity index (χ3v) is 8.22. The number of ether oxygens (including phenoxy) is 3. The van der Waals surface area contributed by atoms with Crippen LogP contribution in [-0.2, 0) is 28.6 Å². The molecule has 1 spiro atoms. The van der Waals surface area contributed by atoms with Crippen LogP contribution in [0.25, 0.3) is 0 Å². The van der Waals surface area contributed by atoms with E-state index >= 15 is 0 Å². The first kappa shape index (κ1) is 25.6. The van der Waals surface area contributed by atoms with Crippen LogP contribution in [0, 0.1) is 11.8 Å². The molecule has 0 aromatic carbocycles. The standard InChI is InChI=1S/C23H34BrN3O7/c1-3-5-26(7-6-25-9-12-32-13-10-25)21(30)19-23-14-15(24)18(34-23)16(22(31)33-4-2)17(23)20(29)27(19)8-11-28/h3,15-19,28H,1,4-14H2,2H3/t15?,16-,17+,18-,19-,23+/m1/s1. The van der Waals surface area contributed by atoms with Crippen molar-refractivity contribution in [3.8, 4) is 0 Å². The maximum absolute atomic E-state index is 14.0. The third kappa shape index (κ3) is 4.30. The van der Waals surface area contributed by atoms with E-state index < -0.39 is 35.6 Å². The quantitative estimate of drug-likeness (QED) is 0.226. The molecule has 0 aromatic heterocycles. The van der Waals surface area contributed by atoms with Gasteiger partial charge in [0, 0.05) is 44.1 Å². The Bertz CT molecular complexity index is 807. The summed E-state index contributed by atoms with van der Waals surface area (Å²) in [6.07, 6.45) is 1.55. The van der Waals surface area contributed by atoms with Crippen LogP contribution in [0.2, 0.25) is 0 Å². The summed E-state index contributed by atoms with van der Waals surface area (Å²) in [5.74, 6) is -2.66. The summed E-state index contributed by atoms with van der Waals surface area (Å²) < 4.78 is 17.1. The number of hydrogen-bond acceptors (Lipinski definition) is 8. The van der Waals surface area contributed by atoms with Gasteiger partial charge < -0.3 is 29.1 Å². The summed E-state index contributed by atoms with van der Waals surface area (Å²) in [4.78, 5) is 45.6. The van der Waals surface area contributed by atoms with Gasteiger partial charge in [0.25, 0.3) is 0 Å². The number of nitrogens with zero attached hydrogens (tertiary/aromatic N) is 3. The highest BCUT2D eigenvalue weighted by Crippen LogP contribution is 2.60. The number of aliphatic hydroxyl groups is 1. The molecule has 2 amide bonds. The van der Waals surface area contributed by atoms with Gasteiger partial charge in [0.2, 0.25) is 11.8 Å². The molecule has 1 unspecified atom stereocenters. The number of β-amino-alcohol motifs (C(OH)–C–C–N with tert-alkyl or cyclic N) is 1. The van der Waals surface area contributed by atoms with E-state index in [-0.39, 0.29) is 36.4 Å². The molecule has 34 heavy (non-hydrogen) atoms. The second kappa shape index (κ2) is 10.6. The first-order valence-corrected chi connectivity index (χ1v) is 12.9. The number of rotatable bonds is 10. The lowest BCUT2D eigenvalue weighted by atomic mass is 9.70. The predicted molar refractivity (Wildman–Crippen MR) is 125 cm³/mol. The highest BCUT2D eigenvalue weighted by Gasteiger charge is 2.77. The van der Waals surface area contributed by atoms with Gasteiger partial charge in [-0.15, -0.1) is 6.58 Å². The minimum atomic E-state index is -1.14. The van der Waals surface area contributed by atoms with Gasteiger partial charge in [0.1, 0.15) is 11.6 Å². The molecule has 4 aliphatic rings. The SMILES string of the molecule is C=CCN(CCN1CCOCC1)C(=O)[C@H]1N(CCO)C(=O)[C@@H]2[C@@H](C(=O)OCC)[C@@H]3O[C@@]21CC3Br. The van der Waals surface area contributed by atoms with Crippen molar-refractivity contribution in [1.82, 2.24) is 14.7 Å². The second-order valence-corrected chi connectivity index (χ2v) is 10.4. The molecule has 11 heteroatoms. The van der Waals surface area contributed by atoms with Gasteiger partial charge in [-0.2, -0.15) is 0 Å². The number of amides is 2. The van der Waals surface area contributed by atoms with Crippen LogP contribution < -0.4 is 0 Å². The van der Waals surface area contributed by atoms with Crippen molar-refractivity contribution in [2.24, 2.45) is 11.8 Å². The van der Waals surface area contributed by atoms with E-state index in [1.54, 1.807) is 17.9 Å². The maximum atomic E-state index is 14.0. The number of alkyl halides is 1. The Labute approximate surface area is 208 Å². The minimum Gasteiger partial charge on any atom is -0.466 e. The average molecular weight is 544 g/mol. The summed E-state index contributed by atoms with van der Waals surface area (Å²) in [6.45, 7) is 9.82. The zero-order valence-corrected chi connectivity index (χ0v) is 21.2. The van der Waals surface area contributed by atoms with Gasteiger partial charge in [-0.1, -0.05) is 22.0 Å². The third-order valence-electron chi connectivity index (χ3n) is 7.37. The van der Waals surface area contributed by atoms with Crippen LogP contribution in [0.5, 0.6) is 0 Å². The van der Waals surface area contributed by atoms with Crippen LogP contribution in [0.4, 0.5) is 0 Å². The molecule has 0 aromatic rings. The Morgan fingerprint density at radius 1 is 1.35 bits per heavy atom. The lowest BCUT2D eigenvalue weighted by Gasteiger charge is -2.37. The monoisotopic (exact) mass is 543 g/mol. The fourth-order valence-electron chi connectivity index (χ4n) is 5.97. The largest absolute Gasteiger partial charge is 0.466 e. The molecule has 1 N–H and O–H groups in total. The Hall–Kier alpha value is -1.53. The molecule has 0 aliphatic carbocycles. The molecule has 2 bridgehead atoms. The molecule has 4 heterocycles. The number of aliphatic hydroxyl groups excluding tert-OH is 1. The smallest absolute Gasteiger partial charge is 0.312 e. The number of esters is 1. The molecular weight excluding hydrogens is 510 g/mol. The lowest BCUT2D eigenvalue weighted by molar-refractivity contribution is -0.155. The zero-order chi connectivity index (χ0) is 24.5. The van der Waals surface area contributed by atoms with Crippen LogP contribution in [0.3, 0.4) is 0 Å². The maximum Gasteiger partial charge on any atom is 0.312 e. The number of carbonyl (C=O) groups excluding carboxylic acids is 3. The minimum absolute atomic E-state index is 0.00456. The molecule has 0 saturated carbocycles. The molecule has 6 atom stereocenters. The van der Waals surface area contributed by atoms with Crippen molar-refractivity contribution in [2.45, 2.75) is 35.9 Å². The van der Waals surface area contributed by atoms with E-state index in [9.17, 15) is 19.5 Å². The van der Waals surface area contributed by atoms with Crippen LogP contribution in [-0.4, -0.2) is 126 Å². The summed E-state index contributed by atoms with van der Waals surface area (Å²) >= 11 is 3.62. The summed E-state index contributed by atoms with van der Waals surface area (Å²) in [7, 11) is 0. The molecule has 190 valence electrons. The van der Waals surface area contributed by atoms with E-state index in [2.05, 4.69) is 27.4 Å². The highest BCUT2D eigenvalue weighted by molar-refractivity contribution is 9.09. The van der Waals surface area contributed by atoms with Gasteiger partial charge in [0.05, 0.1) is 44.4 Å². The van der Waals surface area contributed by atoms with E-state index in [1.807, 2.05) is 0 Å². The number of fused-ring (bicyclic) bond motifs is 1. The number of morpholine rings is 1. The summed E-state index contributed by atoms with van der Waals surface area (Å²) in [6, 6.07) is -0.925. The van der Waals surface area contributed by atoms with E-state index in [1.165, 1.54) is 4.90 Å².